The SMILES string of the molecule is Cc1oc2ccc(S(=O)(=O)O)cc2c1C. The molecule has 0 atom stereocenters. The molecule has 0 aliphatic rings. The molecule has 0 radical (unpaired) electrons. The van der Waals surface area contributed by atoms with Crippen molar-refractivity contribution < 1.29 is 17.4 Å². The van der Waals surface area contributed by atoms with Crippen molar-refractivity contribution in [1.82, 2.24) is 0 Å². The Morgan fingerprint density at radius 3 is 2.53 bits per heavy atom. The molecule has 2 aromatic rings. The second-order valence-electron chi connectivity index (χ2n) is 3.42. The number of rotatable bonds is 1. The summed E-state index contributed by atoms with van der Waals surface area (Å²) in [5.41, 5.74) is 1.51. The highest BCUT2D eigenvalue weighted by molar-refractivity contribution is 7.85. The zero-order valence-corrected chi connectivity index (χ0v) is 9.13. The van der Waals surface area contributed by atoms with Gasteiger partial charge in [0.2, 0.25) is 0 Å². The zero-order chi connectivity index (χ0) is 11.2. The smallest absolute Gasteiger partial charge is 0.294 e. The van der Waals surface area contributed by atoms with Gasteiger partial charge in [-0.2, -0.15) is 8.42 Å². The summed E-state index contributed by atoms with van der Waals surface area (Å²) >= 11 is 0. The molecule has 80 valence electrons. The predicted molar refractivity (Wildman–Crippen MR) is 55.5 cm³/mol. The van der Waals surface area contributed by atoms with Crippen LogP contribution in [0.25, 0.3) is 11.0 Å². The first-order valence-corrected chi connectivity index (χ1v) is 5.81. The monoisotopic (exact) mass is 226 g/mol. The maximum atomic E-state index is 10.9. The second kappa shape index (κ2) is 3.08. The van der Waals surface area contributed by atoms with E-state index in [2.05, 4.69) is 0 Å². The average Bonchev–Trinajstić information content (AvgIpc) is 2.41. The molecular formula is C10H10O4S. The summed E-state index contributed by atoms with van der Waals surface area (Å²) in [5.74, 6) is 0.748. The molecule has 0 saturated heterocycles. The van der Waals surface area contributed by atoms with Crippen molar-refractivity contribution >= 4 is 21.1 Å². The van der Waals surface area contributed by atoms with E-state index in [-0.39, 0.29) is 4.90 Å². The molecule has 0 saturated carbocycles. The van der Waals surface area contributed by atoms with E-state index in [4.69, 9.17) is 8.97 Å². The third-order valence-corrected chi connectivity index (χ3v) is 3.29. The Kier molecular flexibility index (Phi) is 2.09. The van der Waals surface area contributed by atoms with Crippen molar-refractivity contribution in [3.05, 3.63) is 29.5 Å². The number of aryl methyl sites for hydroxylation is 2. The average molecular weight is 226 g/mol. The molecule has 0 aliphatic carbocycles. The lowest BCUT2D eigenvalue weighted by molar-refractivity contribution is 0.483. The summed E-state index contributed by atoms with van der Waals surface area (Å²) in [7, 11) is -4.14. The highest BCUT2D eigenvalue weighted by Crippen LogP contribution is 2.26. The van der Waals surface area contributed by atoms with E-state index in [1.165, 1.54) is 12.1 Å². The van der Waals surface area contributed by atoms with Crippen molar-refractivity contribution in [3.63, 3.8) is 0 Å². The summed E-state index contributed by atoms with van der Waals surface area (Å²) in [6.45, 7) is 3.65. The summed E-state index contributed by atoms with van der Waals surface area (Å²) in [6, 6.07) is 4.27. The Labute approximate surface area is 87.3 Å². The quantitative estimate of drug-likeness (QED) is 0.757. The molecule has 2 rings (SSSR count). The highest BCUT2D eigenvalue weighted by Gasteiger charge is 2.13. The van der Waals surface area contributed by atoms with E-state index in [0.717, 1.165) is 11.3 Å². The highest BCUT2D eigenvalue weighted by atomic mass is 32.2. The Morgan fingerprint density at radius 2 is 1.93 bits per heavy atom. The van der Waals surface area contributed by atoms with Crippen LogP contribution in [-0.4, -0.2) is 13.0 Å². The molecule has 0 aliphatic heterocycles. The van der Waals surface area contributed by atoms with Crippen LogP contribution in [0.3, 0.4) is 0 Å². The maximum absolute atomic E-state index is 10.9. The Hall–Kier alpha value is -1.33. The van der Waals surface area contributed by atoms with Crippen LogP contribution in [0.5, 0.6) is 0 Å². The van der Waals surface area contributed by atoms with Crippen molar-refractivity contribution in [3.8, 4) is 0 Å². The van der Waals surface area contributed by atoms with Crippen LogP contribution < -0.4 is 0 Å². The van der Waals surface area contributed by atoms with Gasteiger partial charge in [0.25, 0.3) is 10.1 Å². The van der Waals surface area contributed by atoms with Crippen molar-refractivity contribution in [2.24, 2.45) is 0 Å². The van der Waals surface area contributed by atoms with E-state index < -0.39 is 10.1 Å². The number of hydrogen-bond acceptors (Lipinski definition) is 3. The fourth-order valence-electron chi connectivity index (χ4n) is 1.48. The van der Waals surface area contributed by atoms with Gasteiger partial charge in [-0.25, -0.2) is 0 Å². The third-order valence-electron chi connectivity index (χ3n) is 2.44. The van der Waals surface area contributed by atoms with Gasteiger partial charge in [-0.3, -0.25) is 4.55 Å². The molecule has 0 spiro atoms. The number of furan rings is 1. The fourth-order valence-corrected chi connectivity index (χ4v) is 1.99. The Bertz CT molecular complexity index is 622. The summed E-state index contributed by atoms with van der Waals surface area (Å²) in [5, 5.41) is 0.711. The standard InChI is InChI=1S/C10H10O4S/c1-6-7(2)14-10-4-3-8(5-9(6)10)15(11,12)13/h3-5H,1-2H3,(H,11,12,13). The second-order valence-corrected chi connectivity index (χ2v) is 4.84. The van der Waals surface area contributed by atoms with Crippen LogP contribution in [0.2, 0.25) is 0 Å². The minimum absolute atomic E-state index is 0.112. The van der Waals surface area contributed by atoms with Gasteiger partial charge in [0, 0.05) is 5.39 Å². The molecule has 15 heavy (non-hydrogen) atoms. The third kappa shape index (κ3) is 1.64. The van der Waals surface area contributed by atoms with Gasteiger partial charge in [-0.1, -0.05) is 0 Å². The Morgan fingerprint density at radius 1 is 1.27 bits per heavy atom. The first kappa shape index (κ1) is 10.2. The summed E-state index contributed by atoms with van der Waals surface area (Å²) in [6.07, 6.45) is 0. The minimum Gasteiger partial charge on any atom is -0.461 e. The van der Waals surface area contributed by atoms with Gasteiger partial charge in [0.15, 0.2) is 0 Å². The number of fused-ring (bicyclic) bond motifs is 1. The molecule has 1 aromatic heterocycles. The molecule has 0 unspecified atom stereocenters. The molecule has 1 N–H and O–H groups in total. The molecule has 1 heterocycles. The normalized spacial score (nSPS) is 12.2. The molecular weight excluding hydrogens is 216 g/mol. The van der Waals surface area contributed by atoms with Crippen LogP contribution in [0.4, 0.5) is 0 Å². The molecule has 5 heteroatoms. The minimum atomic E-state index is -4.14. The number of hydrogen-bond donors (Lipinski definition) is 1. The molecule has 0 amide bonds. The van der Waals surface area contributed by atoms with E-state index in [0.29, 0.717) is 11.0 Å². The first-order chi connectivity index (χ1) is 6.89. The summed E-state index contributed by atoms with van der Waals surface area (Å²) in [4.78, 5) is -0.112. The van der Waals surface area contributed by atoms with Gasteiger partial charge >= 0.3 is 0 Å². The fraction of sp³-hybridized carbons (Fsp3) is 0.200. The van der Waals surface area contributed by atoms with Crippen LogP contribution in [0.15, 0.2) is 27.5 Å². The predicted octanol–water partition coefficient (Wildman–Crippen LogP) is 2.30. The van der Waals surface area contributed by atoms with Gasteiger partial charge < -0.3 is 4.42 Å². The van der Waals surface area contributed by atoms with Gasteiger partial charge in [0.05, 0.1) is 4.90 Å². The first-order valence-electron chi connectivity index (χ1n) is 4.37. The van der Waals surface area contributed by atoms with E-state index in [1.54, 1.807) is 6.07 Å². The van der Waals surface area contributed by atoms with Crippen LogP contribution in [-0.2, 0) is 10.1 Å². The summed E-state index contributed by atoms with van der Waals surface area (Å²) < 4.78 is 36.1. The topological polar surface area (TPSA) is 67.5 Å². The molecule has 4 nitrogen and oxygen atoms in total. The van der Waals surface area contributed by atoms with Gasteiger partial charge in [-0.15, -0.1) is 0 Å². The molecule has 0 fully saturated rings. The Balaban J connectivity index is 2.81. The van der Waals surface area contributed by atoms with E-state index >= 15 is 0 Å². The molecule has 0 bridgehead atoms. The van der Waals surface area contributed by atoms with Gasteiger partial charge in [-0.05, 0) is 37.6 Å². The lowest BCUT2D eigenvalue weighted by atomic mass is 10.1. The van der Waals surface area contributed by atoms with Crippen molar-refractivity contribution in [1.29, 1.82) is 0 Å². The lowest BCUT2D eigenvalue weighted by Gasteiger charge is -1.96. The number of benzene rings is 1. The van der Waals surface area contributed by atoms with Crippen LogP contribution in [0, 0.1) is 13.8 Å². The van der Waals surface area contributed by atoms with Crippen molar-refractivity contribution in [2.45, 2.75) is 18.7 Å². The zero-order valence-electron chi connectivity index (χ0n) is 8.31. The lowest BCUT2D eigenvalue weighted by Crippen LogP contribution is -1.97. The van der Waals surface area contributed by atoms with Gasteiger partial charge in [0.1, 0.15) is 11.3 Å². The van der Waals surface area contributed by atoms with Crippen LogP contribution >= 0.6 is 0 Å². The van der Waals surface area contributed by atoms with Crippen LogP contribution in [0.1, 0.15) is 11.3 Å². The molecule has 1 aromatic carbocycles. The van der Waals surface area contributed by atoms with Crippen molar-refractivity contribution in [2.75, 3.05) is 0 Å². The van der Waals surface area contributed by atoms with E-state index in [9.17, 15) is 8.42 Å². The largest absolute Gasteiger partial charge is 0.461 e. The maximum Gasteiger partial charge on any atom is 0.294 e. The van der Waals surface area contributed by atoms with E-state index in [1.807, 2.05) is 13.8 Å².